The summed E-state index contributed by atoms with van der Waals surface area (Å²) >= 11 is 8.02. The second-order valence-corrected chi connectivity index (χ2v) is 8.41. The number of benzene rings is 1. The van der Waals surface area contributed by atoms with Crippen molar-refractivity contribution in [3.8, 4) is 0 Å². The fourth-order valence-electron chi connectivity index (χ4n) is 3.89. The molecule has 2 heterocycles. The lowest BCUT2D eigenvalue weighted by atomic mass is 10.0. The molecule has 0 saturated heterocycles. The first-order valence-corrected chi connectivity index (χ1v) is 10.0. The lowest BCUT2D eigenvalue weighted by Gasteiger charge is -2.15. The Balaban J connectivity index is 1.88. The first-order valence-electron chi connectivity index (χ1n) is 8.85. The standard InChI is InChI=1S/C20H22ClN3S/c1-11-9-12(2)17(13(3)10-11)22-18-16-14-7-5-4-6-8-15(14)25-19(16)24-20(21)23-18/h9-10H,4-8H2,1-3H3,(H,22,23,24). The van der Waals surface area contributed by atoms with Gasteiger partial charge in [-0.3, -0.25) is 0 Å². The molecule has 0 saturated carbocycles. The SMILES string of the molecule is Cc1cc(C)c(Nc2nc(Cl)nc3sc4c(c23)CCCCC4)c(C)c1. The Hall–Kier alpha value is -1.65. The van der Waals surface area contributed by atoms with Crippen LogP contribution in [-0.4, -0.2) is 9.97 Å². The highest BCUT2D eigenvalue weighted by Crippen LogP contribution is 2.40. The molecule has 1 aromatic carbocycles. The molecule has 0 spiro atoms. The van der Waals surface area contributed by atoms with Crippen LogP contribution in [0.3, 0.4) is 0 Å². The zero-order valence-electron chi connectivity index (χ0n) is 14.9. The van der Waals surface area contributed by atoms with Gasteiger partial charge in [-0.15, -0.1) is 11.3 Å². The van der Waals surface area contributed by atoms with Crippen molar-refractivity contribution in [1.82, 2.24) is 9.97 Å². The molecule has 1 N–H and O–H groups in total. The third-order valence-electron chi connectivity index (χ3n) is 4.96. The van der Waals surface area contributed by atoms with Crippen LogP contribution < -0.4 is 5.32 Å². The summed E-state index contributed by atoms with van der Waals surface area (Å²) in [6.45, 7) is 6.40. The predicted molar refractivity (Wildman–Crippen MR) is 108 cm³/mol. The van der Waals surface area contributed by atoms with Gasteiger partial charge >= 0.3 is 0 Å². The highest BCUT2D eigenvalue weighted by Gasteiger charge is 2.20. The molecule has 130 valence electrons. The van der Waals surface area contributed by atoms with Gasteiger partial charge in [0.15, 0.2) is 0 Å². The van der Waals surface area contributed by atoms with Gasteiger partial charge in [-0.2, -0.15) is 4.98 Å². The predicted octanol–water partition coefficient (Wildman–Crippen LogP) is 6.28. The van der Waals surface area contributed by atoms with Gasteiger partial charge in [0, 0.05) is 10.6 Å². The monoisotopic (exact) mass is 371 g/mol. The molecule has 1 aliphatic carbocycles. The van der Waals surface area contributed by atoms with Crippen molar-refractivity contribution in [2.45, 2.75) is 52.9 Å². The van der Waals surface area contributed by atoms with Crippen LogP contribution in [0.1, 0.15) is 46.4 Å². The summed E-state index contributed by atoms with van der Waals surface area (Å²) in [5, 5.41) is 5.06. The van der Waals surface area contributed by atoms with E-state index >= 15 is 0 Å². The number of hydrogen-bond acceptors (Lipinski definition) is 4. The Kier molecular flexibility index (Phi) is 4.42. The molecule has 0 radical (unpaired) electrons. The highest BCUT2D eigenvalue weighted by molar-refractivity contribution is 7.19. The number of aromatic nitrogens is 2. The molecule has 0 atom stereocenters. The maximum Gasteiger partial charge on any atom is 0.225 e. The van der Waals surface area contributed by atoms with Gasteiger partial charge in [-0.05, 0) is 74.7 Å². The van der Waals surface area contributed by atoms with Crippen molar-refractivity contribution in [3.05, 3.63) is 44.5 Å². The largest absolute Gasteiger partial charge is 0.339 e. The summed E-state index contributed by atoms with van der Waals surface area (Å²) in [6, 6.07) is 4.40. The number of anilines is 2. The molecule has 4 rings (SSSR count). The van der Waals surface area contributed by atoms with E-state index in [1.54, 1.807) is 11.3 Å². The van der Waals surface area contributed by atoms with Gasteiger partial charge < -0.3 is 5.32 Å². The summed E-state index contributed by atoms with van der Waals surface area (Å²) in [6.07, 6.45) is 6.07. The third-order valence-corrected chi connectivity index (χ3v) is 6.31. The fourth-order valence-corrected chi connectivity index (χ4v) is 5.37. The van der Waals surface area contributed by atoms with Gasteiger partial charge in [0.2, 0.25) is 5.28 Å². The maximum atomic E-state index is 6.24. The second kappa shape index (κ2) is 6.58. The highest BCUT2D eigenvalue weighted by atomic mass is 35.5. The minimum atomic E-state index is 0.314. The van der Waals surface area contributed by atoms with Crippen molar-refractivity contribution >= 4 is 44.7 Å². The van der Waals surface area contributed by atoms with Crippen molar-refractivity contribution in [3.63, 3.8) is 0 Å². The van der Waals surface area contributed by atoms with Crippen LogP contribution in [0.5, 0.6) is 0 Å². The van der Waals surface area contributed by atoms with Crippen molar-refractivity contribution < 1.29 is 0 Å². The van der Waals surface area contributed by atoms with Crippen LogP contribution >= 0.6 is 22.9 Å². The summed E-state index contributed by atoms with van der Waals surface area (Å²) < 4.78 is 0. The van der Waals surface area contributed by atoms with Gasteiger partial charge in [0.25, 0.3) is 0 Å². The van der Waals surface area contributed by atoms with Gasteiger partial charge in [0.1, 0.15) is 10.6 Å². The molecule has 0 amide bonds. The van der Waals surface area contributed by atoms with E-state index in [-0.39, 0.29) is 0 Å². The van der Waals surface area contributed by atoms with E-state index in [0.29, 0.717) is 5.28 Å². The molecule has 1 aliphatic rings. The van der Waals surface area contributed by atoms with Crippen LogP contribution in [0.25, 0.3) is 10.2 Å². The Morgan fingerprint density at radius 1 is 1.00 bits per heavy atom. The summed E-state index contributed by atoms with van der Waals surface area (Å²) in [5.41, 5.74) is 6.27. The lowest BCUT2D eigenvalue weighted by Crippen LogP contribution is -2.01. The van der Waals surface area contributed by atoms with E-state index in [4.69, 9.17) is 11.6 Å². The van der Waals surface area contributed by atoms with E-state index < -0.39 is 0 Å². The molecule has 0 unspecified atom stereocenters. The quantitative estimate of drug-likeness (QED) is 0.425. The Labute approximate surface area is 157 Å². The first-order chi connectivity index (χ1) is 12.0. The average Bonchev–Trinajstić information content (AvgIpc) is 2.72. The van der Waals surface area contributed by atoms with Crippen molar-refractivity contribution in [1.29, 1.82) is 0 Å². The molecule has 0 bridgehead atoms. The van der Waals surface area contributed by atoms with Gasteiger partial charge in [0.05, 0.1) is 5.39 Å². The van der Waals surface area contributed by atoms with Crippen LogP contribution in [0.2, 0.25) is 5.28 Å². The van der Waals surface area contributed by atoms with Gasteiger partial charge in [-0.1, -0.05) is 24.1 Å². The van der Waals surface area contributed by atoms with E-state index in [0.717, 1.165) is 29.2 Å². The van der Waals surface area contributed by atoms with Crippen LogP contribution in [0.15, 0.2) is 12.1 Å². The summed E-state index contributed by atoms with van der Waals surface area (Å²) in [5.74, 6) is 0.851. The average molecular weight is 372 g/mol. The maximum absolute atomic E-state index is 6.24. The summed E-state index contributed by atoms with van der Waals surface area (Å²) in [4.78, 5) is 11.5. The fraction of sp³-hybridized carbons (Fsp3) is 0.400. The number of halogens is 1. The molecule has 2 aromatic heterocycles. The number of thiophene rings is 1. The van der Waals surface area contributed by atoms with Gasteiger partial charge in [-0.25, -0.2) is 4.98 Å². The number of nitrogens with zero attached hydrogens (tertiary/aromatic N) is 2. The second-order valence-electron chi connectivity index (χ2n) is 6.98. The van der Waals surface area contributed by atoms with E-state index in [9.17, 15) is 0 Å². The van der Waals surface area contributed by atoms with E-state index in [2.05, 4.69) is 48.2 Å². The zero-order valence-corrected chi connectivity index (χ0v) is 16.4. The minimum Gasteiger partial charge on any atom is -0.339 e. The third kappa shape index (κ3) is 3.13. The number of aryl methyl sites for hydroxylation is 5. The normalized spacial score (nSPS) is 14.4. The number of nitrogens with one attached hydrogen (secondary N) is 1. The molecule has 5 heteroatoms. The zero-order chi connectivity index (χ0) is 17.6. The molecule has 0 aliphatic heterocycles. The topological polar surface area (TPSA) is 37.8 Å². The Morgan fingerprint density at radius 2 is 1.72 bits per heavy atom. The van der Waals surface area contributed by atoms with Crippen molar-refractivity contribution in [2.24, 2.45) is 0 Å². The molecule has 3 nitrogen and oxygen atoms in total. The smallest absolute Gasteiger partial charge is 0.225 e. The lowest BCUT2D eigenvalue weighted by molar-refractivity contribution is 0.713. The minimum absolute atomic E-state index is 0.314. The van der Waals surface area contributed by atoms with Crippen LogP contribution in [0, 0.1) is 20.8 Å². The van der Waals surface area contributed by atoms with Crippen LogP contribution in [-0.2, 0) is 12.8 Å². The number of rotatable bonds is 2. The Morgan fingerprint density at radius 3 is 2.48 bits per heavy atom. The molecular weight excluding hydrogens is 350 g/mol. The first kappa shape index (κ1) is 16.8. The number of hydrogen-bond donors (Lipinski definition) is 1. The molecule has 25 heavy (non-hydrogen) atoms. The molecule has 3 aromatic rings. The summed E-state index contributed by atoms with van der Waals surface area (Å²) in [7, 11) is 0. The Bertz CT molecular complexity index is 938. The molecule has 0 fully saturated rings. The van der Waals surface area contributed by atoms with Crippen molar-refractivity contribution in [2.75, 3.05) is 5.32 Å². The van der Waals surface area contributed by atoms with Crippen LogP contribution in [0.4, 0.5) is 11.5 Å². The van der Waals surface area contributed by atoms with E-state index in [1.165, 1.54) is 51.8 Å². The van der Waals surface area contributed by atoms with E-state index in [1.807, 2.05) is 0 Å². The number of fused-ring (bicyclic) bond motifs is 3. The molecular formula is C20H22ClN3S.